The first-order chi connectivity index (χ1) is 9.25. The normalized spacial score (nSPS) is 36.4. The van der Waals surface area contributed by atoms with E-state index in [0.717, 1.165) is 12.8 Å². The van der Waals surface area contributed by atoms with Gasteiger partial charge in [-0.05, 0) is 32.1 Å². The molecule has 1 aliphatic heterocycles. The molecule has 0 aromatic rings. The van der Waals surface area contributed by atoms with Gasteiger partial charge < -0.3 is 16.0 Å². The minimum Gasteiger partial charge on any atom is -0.392 e. The van der Waals surface area contributed by atoms with Gasteiger partial charge in [0, 0.05) is 20.1 Å². The van der Waals surface area contributed by atoms with Gasteiger partial charge in [-0.1, -0.05) is 19.1 Å². The fraction of sp³-hybridized carbons (Fsp3) is 0.786. The van der Waals surface area contributed by atoms with Crippen LogP contribution in [-0.4, -0.2) is 41.8 Å². The molecule has 112 valence electrons. The summed E-state index contributed by atoms with van der Waals surface area (Å²) in [6, 6.07) is 0. The summed E-state index contributed by atoms with van der Waals surface area (Å²) in [5, 5.41) is 2.68. The molecule has 0 spiro atoms. The van der Waals surface area contributed by atoms with Crippen molar-refractivity contribution in [2.75, 3.05) is 20.1 Å². The van der Waals surface area contributed by atoms with Crippen molar-refractivity contribution < 1.29 is 9.59 Å². The van der Waals surface area contributed by atoms with Gasteiger partial charge in [0.1, 0.15) is 0 Å². The third-order valence-electron chi connectivity index (χ3n) is 4.81. The zero-order chi connectivity index (χ0) is 15.1. The number of carbonyl (C=O) groups excluding carboxylic acids is 2. The highest BCUT2D eigenvalue weighted by molar-refractivity contribution is 7.80. The van der Waals surface area contributed by atoms with Gasteiger partial charge in [0.25, 0.3) is 0 Å². The van der Waals surface area contributed by atoms with Crippen molar-refractivity contribution in [2.24, 2.45) is 22.5 Å². The van der Waals surface area contributed by atoms with Crippen LogP contribution in [0.15, 0.2) is 0 Å². The average molecular weight is 297 g/mol. The summed E-state index contributed by atoms with van der Waals surface area (Å²) in [5.41, 5.74) is 4.65. The molecule has 0 aromatic heterocycles. The van der Waals surface area contributed by atoms with Gasteiger partial charge in [0.05, 0.1) is 15.8 Å². The van der Waals surface area contributed by atoms with Crippen molar-refractivity contribution in [1.82, 2.24) is 10.2 Å². The van der Waals surface area contributed by atoms with Crippen molar-refractivity contribution in [2.45, 2.75) is 33.1 Å². The largest absolute Gasteiger partial charge is 0.392 e. The van der Waals surface area contributed by atoms with Gasteiger partial charge in [-0.3, -0.25) is 9.59 Å². The van der Waals surface area contributed by atoms with Crippen molar-refractivity contribution in [1.29, 1.82) is 0 Å². The van der Waals surface area contributed by atoms with Crippen LogP contribution >= 0.6 is 12.2 Å². The van der Waals surface area contributed by atoms with E-state index >= 15 is 0 Å². The maximum absolute atomic E-state index is 12.8. The second-order valence-electron chi connectivity index (χ2n) is 6.58. The number of likely N-dealkylation sites (tertiary alicyclic amines) is 1. The van der Waals surface area contributed by atoms with Gasteiger partial charge in [0.15, 0.2) is 0 Å². The van der Waals surface area contributed by atoms with Crippen molar-refractivity contribution >= 4 is 29.0 Å². The molecule has 1 saturated carbocycles. The van der Waals surface area contributed by atoms with E-state index in [1.165, 1.54) is 0 Å². The summed E-state index contributed by atoms with van der Waals surface area (Å²) in [7, 11) is 1.63. The highest BCUT2D eigenvalue weighted by Crippen LogP contribution is 2.48. The molecule has 2 aliphatic rings. The number of nitrogens with two attached hydrogens (primary N) is 1. The molecule has 0 radical (unpaired) electrons. The minimum atomic E-state index is -0.664. The maximum Gasteiger partial charge on any atom is 0.235 e. The Morgan fingerprint density at radius 3 is 2.45 bits per heavy atom. The lowest BCUT2D eigenvalue weighted by molar-refractivity contribution is -0.143. The third kappa shape index (κ3) is 2.20. The predicted octanol–water partition coefficient (Wildman–Crippen LogP) is 0.673. The molecule has 6 heteroatoms. The molecular weight excluding hydrogens is 274 g/mol. The van der Waals surface area contributed by atoms with Crippen LogP contribution in [0.4, 0.5) is 0 Å². The summed E-state index contributed by atoms with van der Waals surface area (Å²) >= 11 is 5.13. The maximum atomic E-state index is 12.8. The summed E-state index contributed by atoms with van der Waals surface area (Å²) in [6.07, 6.45) is 2.14. The van der Waals surface area contributed by atoms with Gasteiger partial charge >= 0.3 is 0 Å². The molecule has 1 unspecified atom stereocenters. The summed E-state index contributed by atoms with van der Waals surface area (Å²) < 4.78 is 0. The fourth-order valence-electron chi connectivity index (χ4n) is 3.54. The molecule has 3 N–H and O–H groups in total. The van der Waals surface area contributed by atoms with Gasteiger partial charge in [-0.2, -0.15) is 0 Å². The summed E-state index contributed by atoms with van der Waals surface area (Å²) in [6.45, 7) is 5.05. The first kappa shape index (κ1) is 15.2. The first-order valence-corrected chi connectivity index (χ1v) is 7.47. The van der Waals surface area contributed by atoms with Crippen molar-refractivity contribution in [3.05, 3.63) is 0 Å². The number of carbonyl (C=O) groups is 2. The molecule has 2 rings (SSSR count). The molecule has 2 amide bonds. The highest BCUT2D eigenvalue weighted by Gasteiger charge is 2.54. The second kappa shape index (κ2) is 4.98. The van der Waals surface area contributed by atoms with E-state index in [4.69, 9.17) is 18.0 Å². The van der Waals surface area contributed by atoms with Gasteiger partial charge in [0.2, 0.25) is 11.8 Å². The SMILES string of the molecule is CNC(=O)C1(C)CCN(C(=O)C2(C(N)=S)CC(C)C2)C1. The van der Waals surface area contributed by atoms with Crippen LogP contribution in [0.3, 0.4) is 0 Å². The zero-order valence-electron chi connectivity index (χ0n) is 12.4. The Hall–Kier alpha value is -1.17. The van der Waals surface area contributed by atoms with E-state index in [2.05, 4.69) is 12.2 Å². The van der Waals surface area contributed by atoms with Crippen LogP contribution in [0.25, 0.3) is 0 Å². The monoisotopic (exact) mass is 297 g/mol. The van der Waals surface area contributed by atoms with Crippen LogP contribution in [-0.2, 0) is 9.59 Å². The van der Waals surface area contributed by atoms with E-state index in [-0.39, 0.29) is 11.8 Å². The van der Waals surface area contributed by atoms with Gasteiger partial charge in [-0.25, -0.2) is 0 Å². The zero-order valence-corrected chi connectivity index (χ0v) is 13.2. The summed E-state index contributed by atoms with van der Waals surface area (Å²) in [4.78, 5) is 26.7. The van der Waals surface area contributed by atoms with Crippen LogP contribution in [0.2, 0.25) is 0 Å². The Balaban J connectivity index is 2.12. The van der Waals surface area contributed by atoms with E-state index in [0.29, 0.717) is 30.4 Å². The minimum absolute atomic E-state index is 0.00993. The smallest absolute Gasteiger partial charge is 0.235 e. The summed E-state index contributed by atoms with van der Waals surface area (Å²) in [5.74, 6) is 0.475. The molecule has 20 heavy (non-hydrogen) atoms. The van der Waals surface area contributed by atoms with Crippen LogP contribution < -0.4 is 11.1 Å². The third-order valence-corrected chi connectivity index (χ3v) is 5.20. The van der Waals surface area contributed by atoms with Crippen molar-refractivity contribution in [3.8, 4) is 0 Å². The Kier molecular flexibility index (Phi) is 3.79. The van der Waals surface area contributed by atoms with Crippen LogP contribution in [0.1, 0.15) is 33.1 Å². The Morgan fingerprint density at radius 2 is 2.00 bits per heavy atom. The molecule has 0 aromatic carbocycles. The fourth-order valence-corrected chi connectivity index (χ4v) is 3.79. The Morgan fingerprint density at radius 1 is 1.40 bits per heavy atom. The topological polar surface area (TPSA) is 75.4 Å². The number of nitrogens with zero attached hydrogens (tertiary/aromatic N) is 1. The molecule has 2 fully saturated rings. The molecule has 1 heterocycles. The second-order valence-corrected chi connectivity index (χ2v) is 7.02. The van der Waals surface area contributed by atoms with E-state index in [1.807, 2.05) is 6.92 Å². The first-order valence-electron chi connectivity index (χ1n) is 7.07. The van der Waals surface area contributed by atoms with E-state index < -0.39 is 10.8 Å². The van der Waals surface area contributed by atoms with E-state index in [9.17, 15) is 9.59 Å². The quantitative estimate of drug-likeness (QED) is 0.751. The standard InChI is InChI=1S/C14H23N3O2S/c1-9-6-14(7-9,10(15)20)12(19)17-5-4-13(2,8-17)11(18)16-3/h9H,4-8H2,1-3H3,(H2,15,20)(H,16,18). The lowest BCUT2D eigenvalue weighted by Gasteiger charge is -2.46. The average Bonchev–Trinajstić information content (AvgIpc) is 2.76. The molecule has 1 saturated heterocycles. The number of hydrogen-bond donors (Lipinski definition) is 2. The predicted molar refractivity (Wildman–Crippen MR) is 81.0 cm³/mol. The molecule has 1 aliphatic carbocycles. The van der Waals surface area contributed by atoms with Crippen LogP contribution in [0, 0.1) is 16.7 Å². The lowest BCUT2D eigenvalue weighted by atomic mass is 9.61. The number of nitrogens with one attached hydrogen (secondary N) is 1. The highest BCUT2D eigenvalue weighted by atomic mass is 32.1. The van der Waals surface area contributed by atoms with Crippen LogP contribution in [0.5, 0.6) is 0 Å². The Bertz CT molecular complexity index is 459. The van der Waals surface area contributed by atoms with Gasteiger partial charge in [-0.15, -0.1) is 0 Å². The number of thiocarbonyl (C=S) groups is 1. The number of amides is 2. The lowest BCUT2D eigenvalue weighted by Crippen LogP contribution is -2.57. The molecule has 5 nitrogen and oxygen atoms in total. The molecule has 0 bridgehead atoms. The number of hydrogen-bond acceptors (Lipinski definition) is 3. The van der Waals surface area contributed by atoms with Crippen molar-refractivity contribution in [3.63, 3.8) is 0 Å². The molecular formula is C14H23N3O2S. The van der Waals surface area contributed by atoms with E-state index in [1.54, 1.807) is 11.9 Å². The number of rotatable bonds is 3. The Labute approximate surface area is 125 Å². The molecule has 1 atom stereocenters.